The minimum Gasteiger partial charge on any atom is -0.399 e. The van der Waals surface area contributed by atoms with Gasteiger partial charge in [0.15, 0.2) is 0 Å². The molecule has 0 radical (unpaired) electrons. The smallest absolute Gasteiger partial charge is 0.0316 e. The van der Waals surface area contributed by atoms with Gasteiger partial charge in [0.2, 0.25) is 0 Å². The van der Waals surface area contributed by atoms with Crippen molar-refractivity contribution in [3.63, 3.8) is 0 Å². The molecule has 1 fully saturated rings. The van der Waals surface area contributed by atoms with Crippen LogP contribution in [0.1, 0.15) is 250 Å². The van der Waals surface area contributed by atoms with Crippen LogP contribution in [-0.2, 0) is 5.41 Å². The number of hydrogen-bond acceptors (Lipinski definition) is 2. The molecule has 0 bridgehead atoms. The van der Waals surface area contributed by atoms with Gasteiger partial charge >= 0.3 is 0 Å². The van der Waals surface area contributed by atoms with E-state index in [1.807, 2.05) is 0 Å². The first-order valence-electron chi connectivity index (χ1n) is 26.2. The third-order valence-corrected chi connectivity index (χ3v) is 15.2. The number of anilines is 2. The number of rotatable bonds is 29. The van der Waals surface area contributed by atoms with E-state index in [1.165, 1.54) is 207 Å². The summed E-state index contributed by atoms with van der Waals surface area (Å²) in [5, 5.41) is 0. The summed E-state index contributed by atoms with van der Waals surface area (Å²) in [6, 6.07) is 33.8. The molecule has 0 spiro atoms. The first-order chi connectivity index (χ1) is 30.3. The van der Waals surface area contributed by atoms with E-state index in [4.69, 9.17) is 11.5 Å². The molecule has 4 aromatic carbocycles. The van der Waals surface area contributed by atoms with Crippen LogP contribution in [0.2, 0.25) is 0 Å². The Bertz CT molecular complexity index is 1700. The molecule has 5 rings (SSSR count). The van der Waals surface area contributed by atoms with Gasteiger partial charge in [-0.3, -0.25) is 0 Å². The monoisotopic (exact) mass is 839 g/mol. The largest absolute Gasteiger partial charge is 0.399 e. The molecule has 0 saturated heterocycles. The summed E-state index contributed by atoms with van der Waals surface area (Å²) in [6.07, 6.45) is 35.7. The molecule has 1 saturated carbocycles. The van der Waals surface area contributed by atoms with Crippen LogP contribution in [0.3, 0.4) is 0 Å². The molecule has 340 valence electrons. The molecule has 62 heavy (non-hydrogen) atoms. The molecule has 1 aliphatic rings. The fourth-order valence-electron chi connectivity index (χ4n) is 11.6. The van der Waals surface area contributed by atoms with Crippen LogP contribution in [0, 0.1) is 19.8 Å². The Morgan fingerprint density at radius 2 is 0.823 bits per heavy atom. The molecular weight excluding hydrogens is 749 g/mol. The molecular formula is C60H90N2. The van der Waals surface area contributed by atoms with Gasteiger partial charge in [0.25, 0.3) is 0 Å². The second-order valence-corrected chi connectivity index (χ2v) is 19.9. The Balaban J connectivity index is 1.53. The lowest BCUT2D eigenvalue weighted by Gasteiger charge is -2.45. The van der Waals surface area contributed by atoms with Gasteiger partial charge in [0, 0.05) is 28.6 Å². The Morgan fingerprint density at radius 3 is 1.21 bits per heavy atom. The van der Waals surface area contributed by atoms with Crippen LogP contribution in [0.25, 0.3) is 0 Å². The Labute approximate surface area is 381 Å². The van der Waals surface area contributed by atoms with Gasteiger partial charge in [0.05, 0.1) is 0 Å². The second kappa shape index (κ2) is 27.0. The van der Waals surface area contributed by atoms with Gasteiger partial charge < -0.3 is 11.5 Å². The van der Waals surface area contributed by atoms with Gasteiger partial charge in [-0.2, -0.15) is 0 Å². The molecule has 0 aliphatic heterocycles. The molecule has 2 nitrogen and oxygen atoms in total. The summed E-state index contributed by atoms with van der Waals surface area (Å²) in [5.74, 6) is 1.44. The predicted molar refractivity (Wildman–Crippen MR) is 274 cm³/mol. The van der Waals surface area contributed by atoms with Crippen molar-refractivity contribution in [2.24, 2.45) is 5.92 Å². The predicted octanol–water partition coefficient (Wildman–Crippen LogP) is 18.2. The van der Waals surface area contributed by atoms with Crippen molar-refractivity contribution in [3.05, 3.63) is 129 Å². The summed E-state index contributed by atoms with van der Waals surface area (Å²) in [7, 11) is 0. The number of nitrogens with two attached hydrogens (primary N) is 2. The fraction of sp³-hybridized carbons (Fsp3) is 0.600. The SMILES string of the molecule is CCCCCCCCCC(c1ccc(C(CCCCCCCC)c2ccc(N)cc2C)cc1)(c1ccc(C(CCCCCCCC)c2ccc(N)cc2C)cc1)C1CCCCC1. The standard InChI is InChI=1S/C60H90N2/c1-6-9-12-15-18-21-27-44-60(51-28-23-22-24-29-51,52-36-32-49(33-37-52)58(30-25-19-16-13-10-7-2)56-42-40-54(61)45-47(56)4)53-38-34-50(35-39-53)59(31-26-20-17-14-11-8-3)57-43-41-55(62)46-48(57)5/h32-43,45-46,51,58-59H,6-31,44,61-62H2,1-5H3. The van der Waals surface area contributed by atoms with E-state index < -0.39 is 0 Å². The van der Waals surface area contributed by atoms with E-state index in [0.29, 0.717) is 17.8 Å². The summed E-state index contributed by atoms with van der Waals surface area (Å²) >= 11 is 0. The highest BCUT2D eigenvalue weighted by Crippen LogP contribution is 2.50. The topological polar surface area (TPSA) is 52.0 Å². The number of hydrogen-bond donors (Lipinski definition) is 2. The van der Waals surface area contributed by atoms with E-state index in [2.05, 4.69) is 120 Å². The van der Waals surface area contributed by atoms with Crippen molar-refractivity contribution >= 4 is 11.4 Å². The lowest BCUT2D eigenvalue weighted by atomic mass is 9.59. The minimum absolute atomic E-state index is 0.0126. The number of unbranched alkanes of at least 4 members (excludes halogenated alkanes) is 16. The van der Waals surface area contributed by atoms with Gasteiger partial charge in [-0.05, 0) is 121 Å². The van der Waals surface area contributed by atoms with Crippen molar-refractivity contribution in [1.82, 2.24) is 0 Å². The first-order valence-corrected chi connectivity index (χ1v) is 26.2. The molecule has 2 unspecified atom stereocenters. The zero-order valence-corrected chi connectivity index (χ0v) is 40.6. The van der Waals surface area contributed by atoms with Gasteiger partial charge in [0.1, 0.15) is 0 Å². The Hall–Kier alpha value is -3.52. The highest BCUT2D eigenvalue weighted by molar-refractivity contribution is 5.51. The summed E-state index contributed by atoms with van der Waals surface area (Å²) < 4.78 is 0. The maximum absolute atomic E-state index is 6.31. The first kappa shape index (κ1) is 49.5. The zero-order valence-electron chi connectivity index (χ0n) is 40.6. The third kappa shape index (κ3) is 14.2. The Morgan fingerprint density at radius 1 is 0.452 bits per heavy atom. The van der Waals surface area contributed by atoms with E-state index in [0.717, 1.165) is 11.4 Å². The highest BCUT2D eigenvalue weighted by Gasteiger charge is 2.42. The second-order valence-electron chi connectivity index (χ2n) is 19.9. The van der Waals surface area contributed by atoms with Crippen molar-refractivity contribution in [1.29, 1.82) is 0 Å². The number of benzene rings is 4. The van der Waals surface area contributed by atoms with Crippen molar-refractivity contribution < 1.29 is 0 Å². The zero-order chi connectivity index (χ0) is 44.0. The average molecular weight is 839 g/mol. The lowest BCUT2D eigenvalue weighted by Crippen LogP contribution is -2.38. The maximum Gasteiger partial charge on any atom is 0.0316 e. The van der Waals surface area contributed by atoms with Crippen molar-refractivity contribution in [3.8, 4) is 0 Å². The number of aryl methyl sites for hydroxylation is 2. The highest BCUT2D eigenvalue weighted by atomic mass is 14.5. The van der Waals surface area contributed by atoms with Crippen LogP contribution >= 0.6 is 0 Å². The molecule has 0 heterocycles. The van der Waals surface area contributed by atoms with Crippen LogP contribution in [0.4, 0.5) is 11.4 Å². The molecule has 2 heteroatoms. The van der Waals surface area contributed by atoms with E-state index >= 15 is 0 Å². The normalized spacial score (nSPS) is 15.4. The van der Waals surface area contributed by atoms with E-state index in [1.54, 1.807) is 11.1 Å². The molecule has 4 aromatic rings. The molecule has 4 N–H and O–H groups in total. The summed E-state index contributed by atoms with van der Waals surface area (Å²) in [6.45, 7) is 11.5. The van der Waals surface area contributed by atoms with E-state index in [-0.39, 0.29) is 5.41 Å². The molecule has 1 aliphatic carbocycles. The maximum atomic E-state index is 6.31. The fourth-order valence-corrected chi connectivity index (χ4v) is 11.6. The molecule has 0 aromatic heterocycles. The third-order valence-electron chi connectivity index (χ3n) is 15.2. The van der Waals surface area contributed by atoms with Crippen molar-refractivity contribution in [2.75, 3.05) is 11.5 Å². The van der Waals surface area contributed by atoms with Gasteiger partial charge in [-0.1, -0.05) is 223 Å². The molecule has 2 atom stereocenters. The number of nitrogen functional groups attached to an aromatic ring is 2. The Kier molecular flexibility index (Phi) is 21.5. The van der Waals surface area contributed by atoms with Crippen LogP contribution in [0.5, 0.6) is 0 Å². The quantitative estimate of drug-likeness (QED) is 0.0423. The molecule has 0 amide bonds. The van der Waals surface area contributed by atoms with E-state index in [9.17, 15) is 0 Å². The van der Waals surface area contributed by atoms with Crippen LogP contribution in [0.15, 0.2) is 84.9 Å². The minimum atomic E-state index is 0.0126. The van der Waals surface area contributed by atoms with Gasteiger partial charge in [-0.15, -0.1) is 0 Å². The average Bonchev–Trinajstić information content (AvgIpc) is 3.28. The lowest BCUT2D eigenvalue weighted by molar-refractivity contribution is 0.220. The van der Waals surface area contributed by atoms with Crippen molar-refractivity contribution in [2.45, 2.75) is 225 Å². The summed E-state index contributed by atoms with van der Waals surface area (Å²) in [5.41, 5.74) is 26.0. The summed E-state index contributed by atoms with van der Waals surface area (Å²) in [4.78, 5) is 0. The van der Waals surface area contributed by atoms with Gasteiger partial charge in [-0.25, -0.2) is 0 Å². The van der Waals surface area contributed by atoms with Crippen LogP contribution in [-0.4, -0.2) is 0 Å². The van der Waals surface area contributed by atoms with Crippen LogP contribution < -0.4 is 11.5 Å².